The van der Waals surface area contributed by atoms with E-state index in [1.807, 2.05) is 6.92 Å². The van der Waals surface area contributed by atoms with Crippen LogP contribution in [-0.2, 0) is 9.59 Å². The number of amides is 2. The van der Waals surface area contributed by atoms with E-state index in [1.165, 1.54) is 0 Å². The van der Waals surface area contributed by atoms with Crippen LogP contribution in [0.3, 0.4) is 0 Å². The molecule has 2 aliphatic heterocycles. The standard InChI is InChI=1S/C14H22F3N3O2/c1-13(4-2-5-18-10-13)11(21)19-6-3-7-20(9-8-19)12(22)14(15,16)17/h18H,2-10H2,1H3. The van der Waals surface area contributed by atoms with Gasteiger partial charge in [-0.05, 0) is 32.7 Å². The topological polar surface area (TPSA) is 52.7 Å². The minimum Gasteiger partial charge on any atom is -0.340 e. The smallest absolute Gasteiger partial charge is 0.340 e. The first-order valence-electron chi connectivity index (χ1n) is 7.60. The van der Waals surface area contributed by atoms with E-state index in [4.69, 9.17) is 0 Å². The molecule has 2 aliphatic rings. The van der Waals surface area contributed by atoms with Gasteiger partial charge in [0.15, 0.2) is 0 Å². The number of halogens is 3. The van der Waals surface area contributed by atoms with E-state index in [1.54, 1.807) is 4.90 Å². The monoisotopic (exact) mass is 321 g/mol. The maximum Gasteiger partial charge on any atom is 0.471 e. The fourth-order valence-electron chi connectivity index (χ4n) is 3.12. The van der Waals surface area contributed by atoms with E-state index in [2.05, 4.69) is 5.32 Å². The molecular formula is C14H22F3N3O2. The van der Waals surface area contributed by atoms with Crippen molar-refractivity contribution in [2.45, 2.75) is 32.4 Å². The molecule has 126 valence electrons. The van der Waals surface area contributed by atoms with Gasteiger partial charge in [0, 0.05) is 32.7 Å². The number of nitrogens with zero attached hydrogens (tertiary/aromatic N) is 2. The largest absolute Gasteiger partial charge is 0.471 e. The molecule has 0 aromatic heterocycles. The molecule has 1 N–H and O–H groups in total. The third kappa shape index (κ3) is 3.71. The average Bonchev–Trinajstić information content (AvgIpc) is 2.71. The summed E-state index contributed by atoms with van der Waals surface area (Å²) in [5.74, 6) is -1.84. The normalized spacial score (nSPS) is 27.5. The lowest BCUT2D eigenvalue weighted by molar-refractivity contribution is -0.185. The van der Waals surface area contributed by atoms with Gasteiger partial charge in [-0.1, -0.05) is 0 Å². The zero-order valence-electron chi connectivity index (χ0n) is 12.7. The molecule has 1 unspecified atom stereocenters. The van der Waals surface area contributed by atoms with Crippen LogP contribution >= 0.6 is 0 Å². The van der Waals surface area contributed by atoms with Crippen molar-refractivity contribution in [3.8, 4) is 0 Å². The number of piperidine rings is 1. The maximum atomic E-state index is 12.7. The Morgan fingerprint density at radius 3 is 2.27 bits per heavy atom. The van der Waals surface area contributed by atoms with Crippen LogP contribution in [-0.4, -0.2) is 67.1 Å². The highest BCUT2D eigenvalue weighted by Crippen LogP contribution is 2.28. The first-order chi connectivity index (χ1) is 10.2. The van der Waals surface area contributed by atoms with E-state index in [0.717, 1.165) is 24.3 Å². The Bertz CT molecular complexity index is 434. The number of nitrogens with one attached hydrogen (secondary N) is 1. The minimum atomic E-state index is -4.85. The molecule has 2 fully saturated rings. The van der Waals surface area contributed by atoms with Crippen molar-refractivity contribution in [2.24, 2.45) is 5.41 Å². The molecule has 22 heavy (non-hydrogen) atoms. The quantitative estimate of drug-likeness (QED) is 0.784. The summed E-state index contributed by atoms with van der Waals surface area (Å²) in [7, 11) is 0. The highest BCUT2D eigenvalue weighted by Gasteiger charge is 2.43. The molecule has 0 aromatic rings. The second kappa shape index (κ2) is 6.44. The molecule has 0 radical (unpaired) electrons. The van der Waals surface area contributed by atoms with Crippen molar-refractivity contribution >= 4 is 11.8 Å². The molecule has 0 bridgehead atoms. The van der Waals surface area contributed by atoms with Crippen molar-refractivity contribution < 1.29 is 22.8 Å². The number of alkyl halides is 3. The highest BCUT2D eigenvalue weighted by molar-refractivity contribution is 5.84. The predicted octanol–water partition coefficient (Wildman–Crippen LogP) is 0.999. The van der Waals surface area contributed by atoms with Gasteiger partial charge in [-0.15, -0.1) is 0 Å². The van der Waals surface area contributed by atoms with Gasteiger partial charge in [0.2, 0.25) is 5.91 Å². The second-order valence-corrected chi connectivity index (χ2v) is 6.28. The summed E-state index contributed by atoms with van der Waals surface area (Å²) in [6.45, 7) is 3.91. The molecule has 2 rings (SSSR count). The van der Waals surface area contributed by atoms with Crippen LogP contribution in [0.1, 0.15) is 26.2 Å². The molecule has 0 aromatic carbocycles. The molecule has 1 atom stereocenters. The lowest BCUT2D eigenvalue weighted by Gasteiger charge is -2.37. The van der Waals surface area contributed by atoms with Crippen molar-refractivity contribution in [3.05, 3.63) is 0 Å². The maximum absolute atomic E-state index is 12.7. The Morgan fingerprint density at radius 2 is 1.68 bits per heavy atom. The van der Waals surface area contributed by atoms with Gasteiger partial charge in [0.1, 0.15) is 0 Å². The van der Waals surface area contributed by atoms with Crippen LogP contribution in [0.15, 0.2) is 0 Å². The number of rotatable bonds is 1. The van der Waals surface area contributed by atoms with Gasteiger partial charge in [-0.2, -0.15) is 13.2 Å². The summed E-state index contributed by atoms with van der Waals surface area (Å²) in [5.41, 5.74) is -0.499. The molecule has 0 saturated carbocycles. The fraction of sp³-hybridized carbons (Fsp3) is 0.857. The first kappa shape index (κ1) is 17.1. The first-order valence-corrected chi connectivity index (χ1v) is 7.60. The van der Waals surface area contributed by atoms with E-state index in [0.29, 0.717) is 19.5 Å². The van der Waals surface area contributed by atoms with Crippen molar-refractivity contribution in [3.63, 3.8) is 0 Å². The number of carbonyl (C=O) groups is 2. The molecule has 2 heterocycles. The van der Waals surface area contributed by atoms with Gasteiger partial charge in [-0.25, -0.2) is 0 Å². The Kier molecular flexibility index (Phi) is 4.99. The van der Waals surface area contributed by atoms with Gasteiger partial charge >= 0.3 is 12.1 Å². The van der Waals surface area contributed by atoms with E-state index < -0.39 is 17.5 Å². The van der Waals surface area contributed by atoms with Crippen LogP contribution in [0.25, 0.3) is 0 Å². The number of hydrogen-bond donors (Lipinski definition) is 1. The minimum absolute atomic E-state index is 0.0268. The molecule has 8 heteroatoms. The Balaban J connectivity index is 1.98. The Hall–Kier alpha value is -1.31. The number of hydrogen-bond acceptors (Lipinski definition) is 3. The molecular weight excluding hydrogens is 299 g/mol. The zero-order chi connectivity index (χ0) is 16.4. The predicted molar refractivity (Wildman–Crippen MR) is 74.0 cm³/mol. The van der Waals surface area contributed by atoms with Gasteiger partial charge in [0.05, 0.1) is 5.41 Å². The van der Waals surface area contributed by atoms with E-state index in [-0.39, 0.29) is 25.5 Å². The lowest BCUT2D eigenvalue weighted by atomic mass is 9.81. The lowest BCUT2D eigenvalue weighted by Crippen LogP contribution is -2.51. The number of carbonyl (C=O) groups excluding carboxylic acids is 2. The van der Waals surface area contributed by atoms with Crippen LogP contribution in [0.5, 0.6) is 0 Å². The van der Waals surface area contributed by atoms with Gasteiger partial charge in [0.25, 0.3) is 0 Å². The van der Waals surface area contributed by atoms with Crippen LogP contribution in [0.2, 0.25) is 0 Å². The summed E-state index contributed by atoms with van der Waals surface area (Å²) < 4.78 is 37.5. The van der Waals surface area contributed by atoms with Crippen LogP contribution in [0, 0.1) is 5.41 Å². The summed E-state index contributed by atoms with van der Waals surface area (Å²) in [6, 6.07) is 0. The van der Waals surface area contributed by atoms with Crippen molar-refractivity contribution in [1.29, 1.82) is 0 Å². The second-order valence-electron chi connectivity index (χ2n) is 6.28. The van der Waals surface area contributed by atoms with E-state index >= 15 is 0 Å². The molecule has 5 nitrogen and oxygen atoms in total. The summed E-state index contributed by atoms with van der Waals surface area (Å²) in [4.78, 5) is 26.4. The third-order valence-corrected chi connectivity index (χ3v) is 4.43. The molecule has 2 amide bonds. The van der Waals surface area contributed by atoms with Crippen LogP contribution in [0.4, 0.5) is 13.2 Å². The zero-order valence-corrected chi connectivity index (χ0v) is 12.7. The van der Waals surface area contributed by atoms with Gasteiger partial charge in [-0.3, -0.25) is 9.59 Å². The average molecular weight is 321 g/mol. The molecule has 0 spiro atoms. The van der Waals surface area contributed by atoms with Crippen molar-refractivity contribution in [1.82, 2.24) is 15.1 Å². The summed E-state index contributed by atoms with van der Waals surface area (Å²) >= 11 is 0. The van der Waals surface area contributed by atoms with Gasteiger partial charge < -0.3 is 15.1 Å². The highest BCUT2D eigenvalue weighted by atomic mass is 19.4. The fourth-order valence-corrected chi connectivity index (χ4v) is 3.12. The third-order valence-electron chi connectivity index (χ3n) is 4.43. The van der Waals surface area contributed by atoms with Crippen molar-refractivity contribution in [2.75, 3.05) is 39.3 Å². The van der Waals surface area contributed by atoms with E-state index in [9.17, 15) is 22.8 Å². The SMILES string of the molecule is CC1(C(=O)N2CCCN(C(=O)C(F)(F)F)CC2)CCCNC1. The Labute approximate surface area is 127 Å². The van der Waals surface area contributed by atoms with Crippen LogP contribution < -0.4 is 5.32 Å². The molecule has 0 aliphatic carbocycles. The molecule has 2 saturated heterocycles. The summed E-state index contributed by atoms with van der Waals surface area (Å²) in [6.07, 6.45) is -2.79. The Morgan fingerprint density at radius 1 is 1.05 bits per heavy atom. The summed E-state index contributed by atoms with van der Waals surface area (Å²) in [5, 5.41) is 3.20.